The molecule has 0 spiro atoms. The average Bonchev–Trinajstić information content (AvgIpc) is 2.27. The van der Waals surface area contributed by atoms with E-state index in [1.165, 1.54) is 0 Å². The number of benzene rings is 1. The predicted molar refractivity (Wildman–Crippen MR) is 61.1 cm³/mol. The van der Waals surface area contributed by atoms with Gasteiger partial charge in [0, 0.05) is 18.4 Å². The Balaban J connectivity index is 2.69. The first-order valence-electron chi connectivity index (χ1n) is 4.57. The molecule has 0 saturated heterocycles. The van der Waals surface area contributed by atoms with Gasteiger partial charge in [0.15, 0.2) is 0 Å². The highest BCUT2D eigenvalue weighted by molar-refractivity contribution is 5.92. The van der Waals surface area contributed by atoms with E-state index in [0.29, 0.717) is 24.1 Å². The molecule has 0 aliphatic rings. The molecule has 0 unspecified atom stereocenters. The average molecular weight is 197 g/mol. The molecule has 1 rings (SSSR count). The number of amides is 1. The Morgan fingerprint density at radius 2 is 2.07 bits per heavy atom. The van der Waals surface area contributed by atoms with Crippen LogP contribution in [0.2, 0.25) is 0 Å². The SMILES string of the molecule is C#CCCC(=O)Nc1ccccc1C#C. The van der Waals surface area contributed by atoms with E-state index < -0.39 is 0 Å². The Morgan fingerprint density at radius 1 is 1.33 bits per heavy atom. The van der Waals surface area contributed by atoms with E-state index in [1.54, 1.807) is 12.1 Å². The summed E-state index contributed by atoms with van der Waals surface area (Å²) in [6.07, 6.45) is 11.1. The van der Waals surface area contributed by atoms with Gasteiger partial charge in [0.2, 0.25) is 5.91 Å². The monoisotopic (exact) mass is 197 g/mol. The molecule has 1 aromatic rings. The molecule has 0 saturated carbocycles. The predicted octanol–water partition coefficient (Wildman–Crippen LogP) is 2.02. The van der Waals surface area contributed by atoms with Crippen molar-refractivity contribution in [3.05, 3.63) is 29.8 Å². The highest BCUT2D eigenvalue weighted by atomic mass is 16.1. The minimum absolute atomic E-state index is 0.115. The van der Waals surface area contributed by atoms with E-state index >= 15 is 0 Å². The van der Waals surface area contributed by atoms with Gasteiger partial charge in [-0.25, -0.2) is 0 Å². The van der Waals surface area contributed by atoms with Crippen LogP contribution in [0.1, 0.15) is 18.4 Å². The first-order chi connectivity index (χ1) is 7.27. The Bertz CT molecular complexity index is 435. The van der Waals surface area contributed by atoms with Gasteiger partial charge in [-0.05, 0) is 12.1 Å². The van der Waals surface area contributed by atoms with E-state index in [2.05, 4.69) is 17.2 Å². The van der Waals surface area contributed by atoms with Crippen molar-refractivity contribution >= 4 is 11.6 Å². The van der Waals surface area contributed by atoms with Crippen LogP contribution < -0.4 is 5.32 Å². The molecule has 1 aromatic carbocycles. The minimum atomic E-state index is -0.115. The second-order valence-corrected chi connectivity index (χ2v) is 2.94. The maximum atomic E-state index is 11.4. The van der Waals surface area contributed by atoms with Crippen molar-refractivity contribution in [2.75, 3.05) is 5.32 Å². The number of rotatable bonds is 3. The van der Waals surface area contributed by atoms with Gasteiger partial charge in [-0.15, -0.1) is 18.8 Å². The zero-order chi connectivity index (χ0) is 11.1. The fourth-order valence-electron chi connectivity index (χ4n) is 1.12. The Kier molecular flexibility index (Phi) is 4.01. The minimum Gasteiger partial charge on any atom is -0.325 e. The Labute approximate surface area is 89.7 Å². The summed E-state index contributed by atoms with van der Waals surface area (Å²) in [6, 6.07) is 7.18. The number of anilines is 1. The smallest absolute Gasteiger partial charge is 0.225 e. The van der Waals surface area contributed by atoms with Crippen LogP contribution in [0, 0.1) is 24.7 Å². The van der Waals surface area contributed by atoms with E-state index in [1.807, 2.05) is 12.1 Å². The summed E-state index contributed by atoms with van der Waals surface area (Å²) in [4.78, 5) is 11.4. The van der Waals surface area contributed by atoms with Crippen LogP contribution in [0.4, 0.5) is 5.69 Å². The molecule has 0 heterocycles. The van der Waals surface area contributed by atoms with Crippen LogP contribution in [0.25, 0.3) is 0 Å². The maximum absolute atomic E-state index is 11.4. The van der Waals surface area contributed by atoms with Crippen LogP contribution >= 0.6 is 0 Å². The van der Waals surface area contributed by atoms with Crippen LogP contribution in [-0.2, 0) is 4.79 Å². The first kappa shape index (κ1) is 10.9. The third kappa shape index (κ3) is 3.21. The largest absolute Gasteiger partial charge is 0.325 e. The lowest BCUT2D eigenvalue weighted by Crippen LogP contribution is -2.11. The lowest BCUT2D eigenvalue weighted by atomic mass is 10.2. The Hall–Kier alpha value is -2.19. The molecule has 15 heavy (non-hydrogen) atoms. The Morgan fingerprint density at radius 3 is 2.73 bits per heavy atom. The van der Waals surface area contributed by atoms with Crippen LogP contribution in [0.5, 0.6) is 0 Å². The number of nitrogens with one attached hydrogen (secondary N) is 1. The van der Waals surface area contributed by atoms with Crippen LogP contribution in [0.15, 0.2) is 24.3 Å². The van der Waals surface area contributed by atoms with Crippen molar-refractivity contribution < 1.29 is 4.79 Å². The number of para-hydroxylation sites is 1. The molecule has 0 atom stereocenters. The summed E-state index contributed by atoms with van der Waals surface area (Å²) in [7, 11) is 0. The molecule has 1 amide bonds. The number of hydrogen-bond acceptors (Lipinski definition) is 1. The van der Waals surface area contributed by atoms with Gasteiger partial charge in [-0.1, -0.05) is 18.1 Å². The lowest BCUT2D eigenvalue weighted by molar-refractivity contribution is -0.116. The van der Waals surface area contributed by atoms with Gasteiger partial charge in [-0.2, -0.15) is 0 Å². The van der Waals surface area contributed by atoms with E-state index in [-0.39, 0.29) is 5.91 Å². The van der Waals surface area contributed by atoms with E-state index in [9.17, 15) is 4.79 Å². The normalized spacial score (nSPS) is 8.67. The summed E-state index contributed by atoms with van der Waals surface area (Å²) in [5.41, 5.74) is 1.33. The van der Waals surface area contributed by atoms with Gasteiger partial charge >= 0.3 is 0 Å². The zero-order valence-electron chi connectivity index (χ0n) is 8.29. The summed E-state index contributed by atoms with van der Waals surface area (Å²) < 4.78 is 0. The number of carbonyl (C=O) groups excluding carboxylic acids is 1. The summed E-state index contributed by atoms with van der Waals surface area (Å²) in [5, 5.41) is 2.72. The quantitative estimate of drug-likeness (QED) is 0.738. The highest BCUT2D eigenvalue weighted by Crippen LogP contribution is 2.13. The first-order valence-corrected chi connectivity index (χ1v) is 4.57. The topological polar surface area (TPSA) is 29.1 Å². The molecule has 1 N–H and O–H groups in total. The number of carbonyl (C=O) groups is 1. The molecular formula is C13H11NO. The van der Waals surface area contributed by atoms with Crippen molar-refractivity contribution in [3.8, 4) is 24.7 Å². The van der Waals surface area contributed by atoms with Gasteiger partial charge < -0.3 is 5.32 Å². The van der Waals surface area contributed by atoms with Gasteiger partial charge in [0.05, 0.1) is 5.69 Å². The third-order valence-corrected chi connectivity index (χ3v) is 1.85. The zero-order valence-corrected chi connectivity index (χ0v) is 8.29. The maximum Gasteiger partial charge on any atom is 0.225 e. The molecule has 0 aliphatic carbocycles. The highest BCUT2D eigenvalue weighted by Gasteiger charge is 2.03. The van der Waals surface area contributed by atoms with Crippen molar-refractivity contribution in [2.45, 2.75) is 12.8 Å². The fraction of sp³-hybridized carbons (Fsp3) is 0.154. The standard InChI is InChI=1S/C13H11NO/c1-3-5-10-13(15)14-12-9-7-6-8-11(12)4-2/h1-2,6-9H,5,10H2,(H,14,15). The second kappa shape index (κ2) is 5.52. The van der Waals surface area contributed by atoms with Crippen molar-refractivity contribution in [1.29, 1.82) is 0 Å². The summed E-state index contributed by atoms with van der Waals surface area (Å²) in [5.74, 6) is 4.80. The molecule has 0 aliphatic heterocycles. The molecular weight excluding hydrogens is 186 g/mol. The van der Waals surface area contributed by atoms with Crippen molar-refractivity contribution in [1.82, 2.24) is 0 Å². The fourth-order valence-corrected chi connectivity index (χ4v) is 1.12. The molecule has 2 nitrogen and oxygen atoms in total. The van der Waals surface area contributed by atoms with Crippen molar-refractivity contribution in [3.63, 3.8) is 0 Å². The number of terminal acetylenes is 2. The lowest BCUT2D eigenvalue weighted by Gasteiger charge is -2.05. The molecule has 2 heteroatoms. The van der Waals surface area contributed by atoms with Gasteiger partial charge in [-0.3, -0.25) is 4.79 Å². The van der Waals surface area contributed by atoms with Gasteiger partial charge in [0.25, 0.3) is 0 Å². The van der Waals surface area contributed by atoms with Crippen molar-refractivity contribution in [2.24, 2.45) is 0 Å². The summed E-state index contributed by atoms with van der Waals surface area (Å²) >= 11 is 0. The van der Waals surface area contributed by atoms with Crippen LogP contribution in [0.3, 0.4) is 0 Å². The van der Waals surface area contributed by atoms with Crippen LogP contribution in [-0.4, -0.2) is 5.91 Å². The molecule has 74 valence electrons. The second-order valence-electron chi connectivity index (χ2n) is 2.94. The summed E-state index contributed by atoms with van der Waals surface area (Å²) in [6.45, 7) is 0. The van der Waals surface area contributed by atoms with E-state index in [0.717, 1.165) is 0 Å². The van der Waals surface area contributed by atoms with E-state index in [4.69, 9.17) is 12.8 Å². The molecule has 0 bridgehead atoms. The van der Waals surface area contributed by atoms with Gasteiger partial charge in [0.1, 0.15) is 0 Å². The molecule has 0 aromatic heterocycles. The molecule has 0 radical (unpaired) electrons. The molecule has 0 fully saturated rings. The number of hydrogen-bond donors (Lipinski definition) is 1. The third-order valence-electron chi connectivity index (χ3n) is 1.85.